The van der Waals surface area contributed by atoms with Crippen LogP contribution >= 0.6 is 15.9 Å². The molecule has 78 valence electrons. The standard InChI is InChI=1S/C11H9BrFNO/c1-8(15)14-6-2-3-9-4-5-10(12)11(13)7-9/h4-5,7H,6H2,1H3,(H,14,15). The fraction of sp³-hybridized carbons (Fsp3) is 0.182. The van der Waals surface area contributed by atoms with Crippen LogP contribution in [0.2, 0.25) is 0 Å². The van der Waals surface area contributed by atoms with Crippen LogP contribution in [-0.2, 0) is 4.79 Å². The van der Waals surface area contributed by atoms with Crippen molar-refractivity contribution in [1.29, 1.82) is 0 Å². The summed E-state index contributed by atoms with van der Waals surface area (Å²) in [6.07, 6.45) is 0. The van der Waals surface area contributed by atoms with Gasteiger partial charge < -0.3 is 5.32 Å². The molecule has 4 heteroatoms. The van der Waals surface area contributed by atoms with Crippen molar-refractivity contribution in [3.8, 4) is 11.8 Å². The number of nitrogens with one attached hydrogen (secondary N) is 1. The van der Waals surface area contributed by atoms with Crippen molar-refractivity contribution in [2.24, 2.45) is 0 Å². The number of hydrogen-bond acceptors (Lipinski definition) is 1. The summed E-state index contributed by atoms with van der Waals surface area (Å²) < 4.78 is 13.4. The molecule has 2 nitrogen and oxygen atoms in total. The lowest BCUT2D eigenvalue weighted by Gasteiger charge is -1.94. The van der Waals surface area contributed by atoms with Crippen molar-refractivity contribution < 1.29 is 9.18 Å². The van der Waals surface area contributed by atoms with Gasteiger partial charge in [-0.15, -0.1) is 0 Å². The Labute approximate surface area is 96.0 Å². The molecule has 15 heavy (non-hydrogen) atoms. The molecule has 0 aliphatic carbocycles. The summed E-state index contributed by atoms with van der Waals surface area (Å²) in [4.78, 5) is 10.5. The maximum absolute atomic E-state index is 13.0. The molecule has 0 aliphatic rings. The number of benzene rings is 1. The first kappa shape index (κ1) is 11.7. The second-order valence-electron chi connectivity index (χ2n) is 2.84. The van der Waals surface area contributed by atoms with E-state index in [0.717, 1.165) is 0 Å². The van der Waals surface area contributed by atoms with Crippen LogP contribution in [0.3, 0.4) is 0 Å². The second kappa shape index (κ2) is 5.52. The molecule has 0 radical (unpaired) electrons. The minimum absolute atomic E-state index is 0.133. The first-order chi connectivity index (χ1) is 7.09. The summed E-state index contributed by atoms with van der Waals surface area (Å²) in [5.41, 5.74) is 0.584. The van der Waals surface area contributed by atoms with Crippen LogP contribution < -0.4 is 5.32 Å². The predicted molar refractivity (Wildman–Crippen MR) is 59.7 cm³/mol. The van der Waals surface area contributed by atoms with Crippen molar-refractivity contribution in [3.05, 3.63) is 34.1 Å². The van der Waals surface area contributed by atoms with E-state index in [4.69, 9.17) is 0 Å². The Morgan fingerprint density at radius 3 is 2.93 bits per heavy atom. The zero-order chi connectivity index (χ0) is 11.3. The van der Waals surface area contributed by atoms with Crippen molar-refractivity contribution in [2.75, 3.05) is 6.54 Å². The largest absolute Gasteiger partial charge is 0.345 e. The molecule has 1 aromatic carbocycles. The monoisotopic (exact) mass is 269 g/mol. The van der Waals surface area contributed by atoms with Gasteiger partial charge in [0.2, 0.25) is 5.91 Å². The Hall–Kier alpha value is -1.34. The molecule has 0 spiro atoms. The SMILES string of the molecule is CC(=O)NCC#Cc1ccc(Br)c(F)c1. The number of halogens is 2. The third kappa shape index (κ3) is 4.13. The van der Waals surface area contributed by atoms with Crippen molar-refractivity contribution in [3.63, 3.8) is 0 Å². The van der Waals surface area contributed by atoms with Crippen molar-refractivity contribution in [2.45, 2.75) is 6.92 Å². The zero-order valence-electron chi connectivity index (χ0n) is 8.10. The fourth-order valence-electron chi connectivity index (χ4n) is 0.889. The molecule has 0 unspecified atom stereocenters. The molecule has 1 aromatic rings. The van der Waals surface area contributed by atoms with Gasteiger partial charge in [-0.1, -0.05) is 11.8 Å². The number of rotatable bonds is 1. The summed E-state index contributed by atoms with van der Waals surface area (Å²) in [5, 5.41) is 2.53. The Morgan fingerprint density at radius 1 is 1.60 bits per heavy atom. The molecule has 0 saturated heterocycles. The van der Waals surface area contributed by atoms with E-state index in [9.17, 15) is 9.18 Å². The maximum Gasteiger partial charge on any atom is 0.217 e. The number of hydrogen-bond donors (Lipinski definition) is 1. The van der Waals surface area contributed by atoms with Gasteiger partial charge in [-0.05, 0) is 34.1 Å². The molecule has 0 bridgehead atoms. The van der Waals surface area contributed by atoms with E-state index in [0.29, 0.717) is 10.0 Å². The minimum atomic E-state index is -0.346. The summed E-state index contributed by atoms with van der Waals surface area (Å²) >= 11 is 3.05. The van der Waals surface area contributed by atoms with Crippen LogP contribution in [0.1, 0.15) is 12.5 Å². The van der Waals surface area contributed by atoms with Gasteiger partial charge in [0.15, 0.2) is 0 Å². The average Bonchev–Trinajstić information content (AvgIpc) is 2.18. The summed E-state index contributed by atoms with van der Waals surface area (Å²) in [6, 6.07) is 4.64. The van der Waals surface area contributed by atoms with E-state index < -0.39 is 0 Å². The third-order valence-electron chi connectivity index (χ3n) is 1.58. The lowest BCUT2D eigenvalue weighted by Crippen LogP contribution is -2.19. The predicted octanol–water partition coefficient (Wildman–Crippen LogP) is 2.08. The lowest BCUT2D eigenvalue weighted by atomic mass is 10.2. The van der Waals surface area contributed by atoms with Gasteiger partial charge >= 0.3 is 0 Å². The third-order valence-corrected chi connectivity index (χ3v) is 2.22. The van der Waals surface area contributed by atoms with E-state index in [2.05, 4.69) is 33.1 Å². The summed E-state index contributed by atoms with van der Waals surface area (Å²) in [7, 11) is 0. The molecule has 0 saturated carbocycles. The first-order valence-corrected chi connectivity index (χ1v) is 5.07. The van der Waals surface area contributed by atoms with Gasteiger partial charge in [0.05, 0.1) is 11.0 Å². The van der Waals surface area contributed by atoms with E-state index in [1.165, 1.54) is 13.0 Å². The van der Waals surface area contributed by atoms with Crippen LogP contribution in [0.5, 0.6) is 0 Å². The first-order valence-electron chi connectivity index (χ1n) is 4.28. The molecular weight excluding hydrogens is 261 g/mol. The molecule has 1 amide bonds. The second-order valence-corrected chi connectivity index (χ2v) is 3.69. The van der Waals surface area contributed by atoms with Gasteiger partial charge in [-0.25, -0.2) is 4.39 Å². The molecule has 0 heterocycles. The van der Waals surface area contributed by atoms with Gasteiger partial charge in [0.25, 0.3) is 0 Å². The molecule has 0 atom stereocenters. The normalized spacial score (nSPS) is 9.00. The number of carbonyl (C=O) groups is 1. The molecule has 0 fully saturated rings. The Balaban J connectivity index is 2.64. The Bertz CT molecular complexity index is 434. The van der Waals surface area contributed by atoms with Gasteiger partial charge in [-0.3, -0.25) is 4.79 Å². The molecule has 1 rings (SSSR count). The Morgan fingerprint density at radius 2 is 2.33 bits per heavy atom. The lowest BCUT2D eigenvalue weighted by molar-refractivity contribution is -0.118. The summed E-state index contributed by atoms with van der Waals surface area (Å²) in [5.74, 6) is 4.98. The number of carbonyl (C=O) groups excluding carboxylic acids is 1. The Kier molecular flexibility index (Phi) is 4.32. The van der Waals surface area contributed by atoms with Crippen molar-refractivity contribution >= 4 is 21.8 Å². The molecule has 0 aromatic heterocycles. The van der Waals surface area contributed by atoms with E-state index >= 15 is 0 Å². The quantitative estimate of drug-likeness (QED) is 0.778. The van der Waals surface area contributed by atoms with Crippen molar-refractivity contribution in [1.82, 2.24) is 5.32 Å². The molecule has 0 aliphatic heterocycles. The van der Waals surface area contributed by atoms with Crippen LogP contribution in [0, 0.1) is 17.7 Å². The van der Waals surface area contributed by atoms with E-state index in [-0.39, 0.29) is 18.3 Å². The minimum Gasteiger partial charge on any atom is -0.345 e. The number of amides is 1. The zero-order valence-corrected chi connectivity index (χ0v) is 9.69. The molecule has 1 N–H and O–H groups in total. The maximum atomic E-state index is 13.0. The van der Waals surface area contributed by atoms with E-state index in [1.54, 1.807) is 12.1 Å². The molecular formula is C11H9BrFNO. The smallest absolute Gasteiger partial charge is 0.217 e. The van der Waals surface area contributed by atoms with Gasteiger partial charge in [0, 0.05) is 12.5 Å². The van der Waals surface area contributed by atoms with Crippen LogP contribution in [0.4, 0.5) is 4.39 Å². The highest BCUT2D eigenvalue weighted by atomic mass is 79.9. The average molecular weight is 270 g/mol. The van der Waals surface area contributed by atoms with Crippen LogP contribution in [0.25, 0.3) is 0 Å². The highest BCUT2D eigenvalue weighted by Crippen LogP contribution is 2.15. The fourth-order valence-corrected chi connectivity index (χ4v) is 1.14. The van der Waals surface area contributed by atoms with Gasteiger partial charge in [0.1, 0.15) is 5.82 Å². The summed E-state index contributed by atoms with van der Waals surface area (Å²) in [6.45, 7) is 1.69. The van der Waals surface area contributed by atoms with E-state index in [1.807, 2.05) is 0 Å². The highest BCUT2D eigenvalue weighted by molar-refractivity contribution is 9.10. The topological polar surface area (TPSA) is 29.1 Å². The van der Waals surface area contributed by atoms with Gasteiger partial charge in [-0.2, -0.15) is 0 Å². The van der Waals surface area contributed by atoms with Crippen LogP contribution in [0.15, 0.2) is 22.7 Å². The highest BCUT2D eigenvalue weighted by Gasteiger charge is 1.97. The van der Waals surface area contributed by atoms with Crippen LogP contribution in [-0.4, -0.2) is 12.5 Å².